The van der Waals surface area contributed by atoms with E-state index in [2.05, 4.69) is 45.0 Å². The minimum absolute atomic E-state index is 0.680. The summed E-state index contributed by atoms with van der Waals surface area (Å²) in [5.41, 5.74) is 2.53. The third-order valence-electron chi connectivity index (χ3n) is 3.36. The average molecular weight is 281 g/mol. The van der Waals surface area contributed by atoms with E-state index in [4.69, 9.17) is 4.74 Å². The highest BCUT2D eigenvalue weighted by atomic mass is 16.5. The number of nitrogens with zero attached hydrogens (tertiary/aromatic N) is 2. The van der Waals surface area contributed by atoms with E-state index in [0.717, 1.165) is 39.3 Å². The summed E-state index contributed by atoms with van der Waals surface area (Å²) in [6.07, 6.45) is 3.10. The van der Waals surface area contributed by atoms with Gasteiger partial charge in [0.05, 0.1) is 19.3 Å². The number of aromatic nitrogens is 2. The van der Waals surface area contributed by atoms with Gasteiger partial charge in [-0.1, -0.05) is 27.7 Å². The summed E-state index contributed by atoms with van der Waals surface area (Å²) in [6.45, 7) is 15.4. The van der Waals surface area contributed by atoms with Crippen molar-refractivity contribution in [1.82, 2.24) is 15.1 Å². The first-order valence-electron chi connectivity index (χ1n) is 7.80. The van der Waals surface area contributed by atoms with E-state index >= 15 is 0 Å². The first-order valence-corrected chi connectivity index (χ1v) is 7.80. The summed E-state index contributed by atoms with van der Waals surface area (Å²) >= 11 is 0. The van der Waals surface area contributed by atoms with Gasteiger partial charge < -0.3 is 10.1 Å². The number of rotatable bonds is 10. The summed E-state index contributed by atoms with van der Waals surface area (Å²) in [5, 5.41) is 7.90. The van der Waals surface area contributed by atoms with Gasteiger partial charge in [-0.2, -0.15) is 5.10 Å². The van der Waals surface area contributed by atoms with Crippen LogP contribution in [0.2, 0.25) is 0 Å². The number of nitrogens with one attached hydrogen (secondary N) is 1. The van der Waals surface area contributed by atoms with E-state index in [9.17, 15) is 0 Å². The second kappa shape index (κ2) is 9.14. The lowest BCUT2D eigenvalue weighted by molar-refractivity contribution is 0.113. The third kappa shape index (κ3) is 6.53. The number of hydrogen-bond donors (Lipinski definition) is 1. The van der Waals surface area contributed by atoms with Crippen molar-refractivity contribution in [3.63, 3.8) is 0 Å². The maximum absolute atomic E-state index is 5.65. The summed E-state index contributed by atoms with van der Waals surface area (Å²) in [5.74, 6) is 1.39. The van der Waals surface area contributed by atoms with Crippen LogP contribution in [0.15, 0.2) is 6.20 Å². The largest absolute Gasteiger partial charge is 0.380 e. The molecule has 1 N–H and O–H groups in total. The lowest BCUT2D eigenvalue weighted by Crippen LogP contribution is -2.19. The molecule has 0 fully saturated rings. The molecular formula is C16H31N3O. The van der Waals surface area contributed by atoms with Crippen molar-refractivity contribution in [1.29, 1.82) is 0 Å². The molecule has 0 saturated carbocycles. The Morgan fingerprint density at radius 2 is 1.95 bits per heavy atom. The summed E-state index contributed by atoms with van der Waals surface area (Å²) in [7, 11) is 0. The second-order valence-corrected chi connectivity index (χ2v) is 6.30. The number of hydrogen-bond acceptors (Lipinski definition) is 3. The van der Waals surface area contributed by atoms with E-state index in [0.29, 0.717) is 11.8 Å². The molecule has 1 heterocycles. The molecule has 0 amide bonds. The Morgan fingerprint density at radius 3 is 2.60 bits per heavy atom. The van der Waals surface area contributed by atoms with Gasteiger partial charge in [0, 0.05) is 24.4 Å². The van der Waals surface area contributed by atoms with Gasteiger partial charge in [-0.05, 0) is 31.7 Å². The van der Waals surface area contributed by atoms with Crippen LogP contribution in [0, 0.1) is 18.8 Å². The molecule has 1 aromatic rings. The highest BCUT2D eigenvalue weighted by Gasteiger charge is 2.06. The van der Waals surface area contributed by atoms with E-state index < -0.39 is 0 Å². The van der Waals surface area contributed by atoms with E-state index in [1.165, 1.54) is 11.3 Å². The molecule has 4 heteroatoms. The molecule has 0 spiro atoms. The summed E-state index contributed by atoms with van der Waals surface area (Å²) < 4.78 is 7.69. The van der Waals surface area contributed by atoms with Crippen LogP contribution >= 0.6 is 0 Å². The maximum Gasteiger partial charge on any atom is 0.0662 e. The molecule has 116 valence electrons. The smallest absolute Gasteiger partial charge is 0.0662 e. The van der Waals surface area contributed by atoms with Crippen molar-refractivity contribution in [2.75, 3.05) is 19.8 Å². The molecule has 4 nitrogen and oxygen atoms in total. The normalized spacial score (nSPS) is 11.8. The Hall–Kier alpha value is -0.870. The highest BCUT2D eigenvalue weighted by Crippen LogP contribution is 2.07. The Kier molecular flexibility index (Phi) is 7.85. The van der Waals surface area contributed by atoms with Crippen LogP contribution in [-0.2, 0) is 17.8 Å². The fourth-order valence-electron chi connectivity index (χ4n) is 1.95. The van der Waals surface area contributed by atoms with Crippen LogP contribution in [-0.4, -0.2) is 29.5 Å². The quantitative estimate of drug-likeness (QED) is 0.670. The molecule has 0 bridgehead atoms. The molecule has 0 unspecified atom stereocenters. The average Bonchev–Trinajstić information content (AvgIpc) is 2.70. The van der Waals surface area contributed by atoms with E-state index in [1.54, 1.807) is 0 Å². The van der Waals surface area contributed by atoms with Crippen LogP contribution in [0.25, 0.3) is 0 Å². The molecule has 0 saturated heterocycles. The standard InChI is InChI=1S/C16H31N3O/c1-13(2)6-8-20-9-7-19-15(5)16(12-18-19)11-17-10-14(3)4/h12-14,17H,6-11H2,1-5H3. The van der Waals surface area contributed by atoms with E-state index in [1.807, 2.05) is 10.9 Å². The fraction of sp³-hybridized carbons (Fsp3) is 0.812. The minimum atomic E-state index is 0.680. The van der Waals surface area contributed by atoms with Crippen molar-refractivity contribution in [3.8, 4) is 0 Å². The third-order valence-corrected chi connectivity index (χ3v) is 3.36. The van der Waals surface area contributed by atoms with Gasteiger partial charge in [0.25, 0.3) is 0 Å². The molecule has 20 heavy (non-hydrogen) atoms. The zero-order chi connectivity index (χ0) is 15.0. The minimum Gasteiger partial charge on any atom is -0.380 e. The summed E-state index contributed by atoms with van der Waals surface area (Å²) in [4.78, 5) is 0. The Morgan fingerprint density at radius 1 is 1.20 bits per heavy atom. The zero-order valence-corrected chi connectivity index (χ0v) is 13.8. The Labute approximate surface area is 123 Å². The monoisotopic (exact) mass is 281 g/mol. The zero-order valence-electron chi connectivity index (χ0n) is 13.8. The predicted molar refractivity (Wildman–Crippen MR) is 83.8 cm³/mol. The molecule has 0 aliphatic carbocycles. The van der Waals surface area contributed by atoms with Crippen LogP contribution in [0.3, 0.4) is 0 Å². The second-order valence-electron chi connectivity index (χ2n) is 6.30. The predicted octanol–water partition coefficient (Wildman–Crippen LogP) is 3.00. The Balaban J connectivity index is 2.28. The van der Waals surface area contributed by atoms with Crippen LogP contribution in [0.5, 0.6) is 0 Å². The van der Waals surface area contributed by atoms with Gasteiger partial charge in [-0.3, -0.25) is 4.68 Å². The molecule has 0 aliphatic heterocycles. The molecule has 0 radical (unpaired) electrons. The Bertz CT molecular complexity index is 372. The first kappa shape index (κ1) is 17.2. The fourth-order valence-corrected chi connectivity index (χ4v) is 1.95. The lowest BCUT2D eigenvalue weighted by atomic mass is 10.1. The van der Waals surface area contributed by atoms with Crippen molar-refractivity contribution in [2.24, 2.45) is 11.8 Å². The van der Waals surface area contributed by atoms with Gasteiger partial charge >= 0.3 is 0 Å². The van der Waals surface area contributed by atoms with Gasteiger partial charge in [-0.15, -0.1) is 0 Å². The van der Waals surface area contributed by atoms with E-state index in [-0.39, 0.29) is 0 Å². The van der Waals surface area contributed by atoms with Crippen molar-refractivity contribution in [3.05, 3.63) is 17.5 Å². The van der Waals surface area contributed by atoms with Crippen LogP contribution < -0.4 is 5.32 Å². The molecule has 0 aromatic carbocycles. The summed E-state index contributed by atoms with van der Waals surface area (Å²) in [6, 6.07) is 0. The topological polar surface area (TPSA) is 39.1 Å². The van der Waals surface area contributed by atoms with Crippen LogP contribution in [0.4, 0.5) is 0 Å². The molecule has 1 rings (SSSR count). The van der Waals surface area contributed by atoms with Crippen LogP contribution in [0.1, 0.15) is 45.4 Å². The number of ether oxygens (including phenoxy) is 1. The van der Waals surface area contributed by atoms with Gasteiger partial charge in [0.1, 0.15) is 0 Å². The van der Waals surface area contributed by atoms with Crippen molar-refractivity contribution >= 4 is 0 Å². The molecule has 0 aliphatic rings. The SMILES string of the molecule is Cc1c(CNCC(C)C)cnn1CCOCCC(C)C. The molecule has 1 aromatic heterocycles. The maximum atomic E-state index is 5.65. The highest BCUT2D eigenvalue weighted by molar-refractivity contribution is 5.15. The lowest BCUT2D eigenvalue weighted by Gasteiger charge is -2.09. The van der Waals surface area contributed by atoms with Gasteiger partial charge in [-0.25, -0.2) is 0 Å². The molecular weight excluding hydrogens is 250 g/mol. The van der Waals surface area contributed by atoms with Gasteiger partial charge in [0.15, 0.2) is 0 Å². The van der Waals surface area contributed by atoms with Crippen molar-refractivity contribution in [2.45, 2.75) is 54.1 Å². The molecule has 0 atom stereocenters. The van der Waals surface area contributed by atoms with Crippen molar-refractivity contribution < 1.29 is 4.74 Å². The first-order chi connectivity index (χ1) is 9.50. The van der Waals surface area contributed by atoms with Gasteiger partial charge in [0.2, 0.25) is 0 Å².